The Morgan fingerprint density at radius 3 is 2.41 bits per heavy atom. The van der Waals surface area contributed by atoms with Gasteiger partial charge < -0.3 is 4.74 Å². The van der Waals surface area contributed by atoms with Gasteiger partial charge in [0.1, 0.15) is 9.92 Å². The summed E-state index contributed by atoms with van der Waals surface area (Å²) in [6.07, 6.45) is -3.34. The lowest BCUT2D eigenvalue weighted by Gasteiger charge is -2.12. The van der Waals surface area contributed by atoms with Crippen LogP contribution in [0.1, 0.15) is 16.1 Å². The molecular formula is C15H13F3N4O5S2. The highest BCUT2D eigenvalue weighted by molar-refractivity contribution is 7.98. The Morgan fingerprint density at radius 1 is 1.17 bits per heavy atom. The van der Waals surface area contributed by atoms with Crippen molar-refractivity contribution in [3.05, 3.63) is 41.6 Å². The summed E-state index contributed by atoms with van der Waals surface area (Å²) in [5.74, 6) is -1.71. The lowest BCUT2D eigenvalue weighted by Crippen LogP contribution is -2.35. The number of hydrogen-bond acceptors (Lipinski definition) is 8. The predicted octanol–water partition coefficient (Wildman–Crippen LogP) is 2.51. The fourth-order valence-corrected chi connectivity index (χ4v) is 3.53. The van der Waals surface area contributed by atoms with E-state index < -0.39 is 44.7 Å². The van der Waals surface area contributed by atoms with Crippen LogP contribution in [0.3, 0.4) is 0 Å². The first kappa shape index (κ1) is 22.4. The summed E-state index contributed by atoms with van der Waals surface area (Å²) in [5, 5.41) is 1.74. The summed E-state index contributed by atoms with van der Waals surface area (Å²) in [7, 11) is -3.52. The molecule has 2 amide bonds. The normalized spacial score (nSPS) is 11.6. The smallest absolute Gasteiger partial charge is 0.433 e. The monoisotopic (exact) mass is 450 g/mol. The molecule has 0 saturated heterocycles. The van der Waals surface area contributed by atoms with Crippen molar-refractivity contribution in [2.45, 2.75) is 16.1 Å². The van der Waals surface area contributed by atoms with Gasteiger partial charge in [0.05, 0.1) is 12.7 Å². The summed E-state index contributed by atoms with van der Waals surface area (Å²) in [6, 6.07) is 4.16. The number of benzene rings is 1. The summed E-state index contributed by atoms with van der Waals surface area (Å²) < 4.78 is 69.6. The van der Waals surface area contributed by atoms with Crippen LogP contribution in [0, 0.1) is 0 Å². The number of hydrogen-bond donors (Lipinski definition) is 2. The van der Waals surface area contributed by atoms with Crippen LogP contribution < -0.4 is 10.0 Å². The van der Waals surface area contributed by atoms with E-state index in [9.17, 15) is 31.2 Å². The molecule has 0 fully saturated rings. The molecule has 2 N–H and O–H groups in total. The highest BCUT2D eigenvalue weighted by atomic mass is 32.2. The molecule has 29 heavy (non-hydrogen) atoms. The number of carbonyl (C=O) groups is 2. The zero-order valence-corrected chi connectivity index (χ0v) is 16.4. The molecule has 0 bridgehead atoms. The van der Waals surface area contributed by atoms with Gasteiger partial charge in [-0.25, -0.2) is 32.7 Å². The molecule has 1 aromatic heterocycles. The van der Waals surface area contributed by atoms with Gasteiger partial charge >= 0.3 is 18.2 Å². The molecule has 0 saturated carbocycles. The molecule has 0 radical (unpaired) electrons. The highest BCUT2D eigenvalue weighted by Crippen LogP contribution is 2.30. The minimum absolute atomic E-state index is 0.0958. The number of halogens is 3. The molecule has 0 atom stereocenters. The van der Waals surface area contributed by atoms with E-state index in [0.29, 0.717) is 6.07 Å². The SMILES string of the molecule is COC(=O)c1ccccc1S(=O)(=O)NC(=O)Nc1nc(SC)cc(C(F)(F)F)n1. The number of alkyl halides is 3. The molecule has 0 unspecified atom stereocenters. The molecule has 156 valence electrons. The Kier molecular flexibility index (Phi) is 6.69. The third-order valence-electron chi connectivity index (χ3n) is 3.24. The van der Waals surface area contributed by atoms with Gasteiger partial charge in [0.15, 0.2) is 5.69 Å². The maximum absolute atomic E-state index is 12.9. The lowest BCUT2D eigenvalue weighted by atomic mass is 10.2. The summed E-state index contributed by atoms with van der Waals surface area (Å²) in [6.45, 7) is 0. The van der Waals surface area contributed by atoms with E-state index in [1.807, 2.05) is 5.32 Å². The minimum atomic E-state index is -4.80. The van der Waals surface area contributed by atoms with Crippen molar-refractivity contribution in [1.82, 2.24) is 14.7 Å². The number of amides is 2. The second-order valence-corrected chi connectivity index (χ2v) is 7.64. The van der Waals surface area contributed by atoms with Gasteiger partial charge in [-0.3, -0.25) is 5.32 Å². The van der Waals surface area contributed by atoms with Crippen LogP contribution in [0.25, 0.3) is 0 Å². The molecule has 0 aliphatic rings. The number of carbonyl (C=O) groups excluding carboxylic acids is 2. The molecular weight excluding hydrogens is 437 g/mol. The van der Waals surface area contributed by atoms with Gasteiger partial charge in [-0.1, -0.05) is 12.1 Å². The van der Waals surface area contributed by atoms with Crippen molar-refractivity contribution in [3.63, 3.8) is 0 Å². The molecule has 9 nitrogen and oxygen atoms in total. The highest BCUT2D eigenvalue weighted by Gasteiger charge is 2.34. The van der Waals surface area contributed by atoms with Gasteiger partial charge in [0.25, 0.3) is 10.0 Å². The van der Waals surface area contributed by atoms with Gasteiger partial charge in [0, 0.05) is 6.07 Å². The lowest BCUT2D eigenvalue weighted by molar-refractivity contribution is -0.141. The van der Waals surface area contributed by atoms with Crippen molar-refractivity contribution < 1.29 is 35.9 Å². The zero-order chi connectivity index (χ0) is 21.8. The number of esters is 1. The first-order chi connectivity index (χ1) is 13.5. The maximum Gasteiger partial charge on any atom is 0.433 e. The number of anilines is 1. The molecule has 0 spiro atoms. The van der Waals surface area contributed by atoms with Gasteiger partial charge in [-0.05, 0) is 18.4 Å². The minimum Gasteiger partial charge on any atom is -0.465 e. The first-order valence-corrected chi connectivity index (χ1v) is 10.2. The van der Waals surface area contributed by atoms with Crippen LogP contribution in [-0.4, -0.2) is 43.8 Å². The number of ether oxygens (including phenoxy) is 1. The standard InChI is InChI=1S/C15H13F3N4O5S2/c1-27-12(23)8-5-3-4-6-9(8)29(25,26)22-14(24)21-13-19-10(15(16,17)18)7-11(20-13)28-2/h3-7H,1-2H3,(H2,19,20,21,22,24). The number of nitrogens with one attached hydrogen (secondary N) is 2. The van der Waals surface area contributed by atoms with Gasteiger partial charge in [0.2, 0.25) is 5.95 Å². The first-order valence-electron chi connectivity index (χ1n) is 7.49. The number of nitrogens with zero attached hydrogens (tertiary/aromatic N) is 2. The summed E-state index contributed by atoms with van der Waals surface area (Å²) in [5.41, 5.74) is -1.65. The van der Waals surface area contributed by atoms with Crippen LogP contribution in [0.2, 0.25) is 0 Å². The number of thioether (sulfide) groups is 1. The van der Waals surface area contributed by atoms with Crippen molar-refractivity contribution in [2.75, 3.05) is 18.7 Å². The molecule has 0 aliphatic heterocycles. The second-order valence-electron chi connectivity index (χ2n) is 5.16. The third kappa shape index (κ3) is 5.57. The average Bonchev–Trinajstić information content (AvgIpc) is 2.65. The Hall–Kier alpha value is -2.87. The largest absolute Gasteiger partial charge is 0.465 e. The van der Waals surface area contributed by atoms with E-state index in [1.165, 1.54) is 24.5 Å². The topological polar surface area (TPSA) is 127 Å². The molecule has 14 heteroatoms. The van der Waals surface area contributed by atoms with Crippen molar-refractivity contribution in [1.29, 1.82) is 0 Å². The molecule has 1 heterocycles. The fraction of sp³-hybridized carbons (Fsp3) is 0.200. The second kappa shape index (κ2) is 8.65. The molecule has 1 aromatic carbocycles. The van der Waals surface area contributed by atoms with Crippen LogP contribution in [0.4, 0.5) is 23.9 Å². The zero-order valence-electron chi connectivity index (χ0n) is 14.8. The third-order valence-corrected chi connectivity index (χ3v) is 5.25. The maximum atomic E-state index is 12.9. The molecule has 2 rings (SSSR count). The Balaban J connectivity index is 2.29. The van der Waals surface area contributed by atoms with Crippen molar-refractivity contribution >= 4 is 39.7 Å². The Morgan fingerprint density at radius 2 is 1.83 bits per heavy atom. The fourth-order valence-electron chi connectivity index (χ4n) is 2.01. The summed E-state index contributed by atoms with van der Waals surface area (Å²) >= 11 is 0.866. The summed E-state index contributed by atoms with van der Waals surface area (Å²) in [4.78, 5) is 30.0. The number of methoxy groups -OCH3 is 1. The predicted molar refractivity (Wildman–Crippen MR) is 95.9 cm³/mol. The van der Waals surface area contributed by atoms with E-state index in [4.69, 9.17) is 0 Å². The number of urea groups is 1. The Labute approximate surface area is 167 Å². The van der Waals surface area contributed by atoms with E-state index >= 15 is 0 Å². The quantitative estimate of drug-likeness (QED) is 0.404. The van der Waals surface area contributed by atoms with E-state index in [1.54, 1.807) is 4.72 Å². The van der Waals surface area contributed by atoms with Crippen molar-refractivity contribution in [3.8, 4) is 0 Å². The number of sulfonamides is 1. The number of rotatable bonds is 5. The van der Waals surface area contributed by atoms with Crippen LogP contribution in [-0.2, 0) is 20.9 Å². The average molecular weight is 450 g/mol. The van der Waals surface area contributed by atoms with Gasteiger partial charge in [-0.2, -0.15) is 13.2 Å². The molecule has 0 aliphatic carbocycles. The molecule has 2 aromatic rings. The van der Waals surface area contributed by atoms with E-state index in [0.717, 1.165) is 24.9 Å². The van der Waals surface area contributed by atoms with E-state index in [2.05, 4.69) is 14.7 Å². The van der Waals surface area contributed by atoms with Crippen LogP contribution >= 0.6 is 11.8 Å². The number of aromatic nitrogens is 2. The van der Waals surface area contributed by atoms with Crippen molar-refractivity contribution in [2.24, 2.45) is 0 Å². The van der Waals surface area contributed by atoms with Crippen LogP contribution in [0.15, 0.2) is 40.3 Å². The van der Waals surface area contributed by atoms with Crippen LogP contribution in [0.5, 0.6) is 0 Å². The Bertz CT molecular complexity index is 1040. The van der Waals surface area contributed by atoms with E-state index in [-0.39, 0.29) is 10.6 Å². The van der Waals surface area contributed by atoms with Gasteiger partial charge in [-0.15, -0.1) is 11.8 Å².